The molecule has 3 nitrogen and oxygen atoms in total. The van der Waals surface area contributed by atoms with Crippen molar-refractivity contribution in [2.45, 2.75) is 70.4 Å². The molecule has 0 saturated heterocycles. The molecule has 1 rings (SSSR count). The number of ether oxygens (including phenoxy) is 1. The minimum absolute atomic E-state index is 0.0635. The second-order valence-electron chi connectivity index (χ2n) is 6.03. The fraction of sp³-hybridized carbons (Fsp3) is 1.00. The third-order valence-corrected chi connectivity index (χ3v) is 3.75. The summed E-state index contributed by atoms with van der Waals surface area (Å²) in [5.74, 6) is 0.829. The second-order valence-corrected chi connectivity index (χ2v) is 6.03. The van der Waals surface area contributed by atoms with Gasteiger partial charge in [0.05, 0.1) is 12.7 Å². The molecule has 102 valence electrons. The maximum Gasteiger partial charge on any atom is 0.0608 e. The maximum atomic E-state index is 9.03. The number of hydrogen-bond acceptors (Lipinski definition) is 3. The Kier molecular flexibility index (Phi) is 6.45. The van der Waals surface area contributed by atoms with E-state index in [0.29, 0.717) is 6.10 Å². The van der Waals surface area contributed by atoms with E-state index in [1.165, 1.54) is 25.7 Å². The van der Waals surface area contributed by atoms with Crippen molar-refractivity contribution in [3.05, 3.63) is 0 Å². The molecule has 0 aromatic rings. The molecule has 1 aliphatic rings. The zero-order chi connectivity index (χ0) is 12.7. The smallest absolute Gasteiger partial charge is 0.0608 e. The molecule has 0 spiro atoms. The largest absolute Gasteiger partial charge is 0.394 e. The zero-order valence-corrected chi connectivity index (χ0v) is 11.5. The van der Waals surface area contributed by atoms with E-state index in [0.717, 1.165) is 31.8 Å². The molecule has 0 amide bonds. The molecule has 1 saturated carbocycles. The van der Waals surface area contributed by atoms with E-state index in [1.807, 2.05) is 6.92 Å². The van der Waals surface area contributed by atoms with Crippen molar-refractivity contribution < 1.29 is 9.84 Å². The molecule has 0 bridgehead atoms. The van der Waals surface area contributed by atoms with Gasteiger partial charge in [0.1, 0.15) is 0 Å². The summed E-state index contributed by atoms with van der Waals surface area (Å²) < 4.78 is 5.90. The molecule has 3 heteroatoms. The summed E-state index contributed by atoms with van der Waals surface area (Å²) in [5, 5.41) is 9.03. The maximum absolute atomic E-state index is 9.03. The van der Waals surface area contributed by atoms with E-state index in [-0.39, 0.29) is 6.61 Å². The van der Waals surface area contributed by atoms with Crippen LogP contribution >= 0.6 is 0 Å². The van der Waals surface area contributed by atoms with Crippen molar-refractivity contribution in [2.75, 3.05) is 13.2 Å². The Bertz CT molecular complexity index is 206. The van der Waals surface area contributed by atoms with Crippen molar-refractivity contribution in [1.82, 2.24) is 0 Å². The summed E-state index contributed by atoms with van der Waals surface area (Å²) >= 11 is 0. The van der Waals surface area contributed by atoms with E-state index in [2.05, 4.69) is 6.92 Å². The van der Waals surface area contributed by atoms with Crippen molar-refractivity contribution >= 4 is 0 Å². The highest BCUT2D eigenvalue weighted by atomic mass is 16.5. The van der Waals surface area contributed by atoms with E-state index in [9.17, 15) is 0 Å². The highest BCUT2D eigenvalue weighted by Crippen LogP contribution is 2.25. The first-order valence-corrected chi connectivity index (χ1v) is 7.05. The second kappa shape index (κ2) is 7.34. The quantitative estimate of drug-likeness (QED) is 0.675. The van der Waals surface area contributed by atoms with Crippen LogP contribution < -0.4 is 5.73 Å². The first-order valence-electron chi connectivity index (χ1n) is 7.05. The molecule has 3 unspecified atom stereocenters. The Morgan fingerprint density at radius 2 is 2.12 bits per heavy atom. The lowest BCUT2D eigenvalue weighted by molar-refractivity contribution is 0.0130. The van der Waals surface area contributed by atoms with Gasteiger partial charge in [0.25, 0.3) is 0 Å². The van der Waals surface area contributed by atoms with E-state index >= 15 is 0 Å². The topological polar surface area (TPSA) is 55.5 Å². The molecule has 0 heterocycles. The highest BCUT2D eigenvalue weighted by Gasteiger charge is 2.19. The van der Waals surface area contributed by atoms with Gasteiger partial charge in [0.2, 0.25) is 0 Å². The Balaban J connectivity index is 2.00. The lowest BCUT2D eigenvalue weighted by Gasteiger charge is -2.27. The Hall–Kier alpha value is -0.120. The Morgan fingerprint density at radius 3 is 2.76 bits per heavy atom. The lowest BCUT2D eigenvalue weighted by Crippen LogP contribution is -2.40. The van der Waals surface area contributed by atoms with Crippen LogP contribution in [0.5, 0.6) is 0 Å². The van der Waals surface area contributed by atoms with Crippen LogP contribution in [0, 0.1) is 5.92 Å². The first-order chi connectivity index (χ1) is 8.03. The number of hydrogen-bond donors (Lipinski definition) is 2. The van der Waals surface area contributed by atoms with E-state index in [4.69, 9.17) is 15.6 Å². The normalized spacial score (nSPS) is 28.9. The predicted octanol–water partition coefficient (Wildman–Crippen LogP) is 2.46. The standard InChI is InChI=1S/C14H29NO2/c1-12-6-5-7-13(10-12)17-9-4-3-8-14(2,15)11-16/h12-13,16H,3-11,15H2,1-2H3. The summed E-state index contributed by atoms with van der Waals surface area (Å²) in [5.41, 5.74) is 5.45. The van der Waals surface area contributed by atoms with Crippen molar-refractivity contribution in [2.24, 2.45) is 11.7 Å². The fourth-order valence-corrected chi connectivity index (χ4v) is 2.49. The molecular formula is C14H29NO2. The summed E-state index contributed by atoms with van der Waals surface area (Å²) in [6.07, 6.45) is 8.59. The summed E-state index contributed by atoms with van der Waals surface area (Å²) in [6.45, 7) is 5.13. The van der Waals surface area contributed by atoms with Gasteiger partial charge in [0, 0.05) is 12.1 Å². The summed E-state index contributed by atoms with van der Waals surface area (Å²) in [4.78, 5) is 0. The molecular weight excluding hydrogens is 214 g/mol. The van der Waals surface area contributed by atoms with E-state index in [1.54, 1.807) is 0 Å². The molecule has 0 aromatic carbocycles. The molecule has 3 atom stereocenters. The predicted molar refractivity (Wildman–Crippen MR) is 70.9 cm³/mol. The third-order valence-electron chi connectivity index (χ3n) is 3.75. The molecule has 0 aromatic heterocycles. The third kappa shape index (κ3) is 6.39. The van der Waals surface area contributed by atoms with Gasteiger partial charge in [-0.1, -0.05) is 19.8 Å². The minimum atomic E-state index is -0.417. The van der Waals surface area contributed by atoms with Crippen LogP contribution in [0.25, 0.3) is 0 Å². The fourth-order valence-electron chi connectivity index (χ4n) is 2.49. The lowest BCUT2D eigenvalue weighted by atomic mass is 9.89. The van der Waals surface area contributed by atoms with Gasteiger partial charge in [-0.15, -0.1) is 0 Å². The van der Waals surface area contributed by atoms with Crippen LogP contribution in [-0.4, -0.2) is 30.0 Å². The number of rotatable bonds is 7. The molecule has 0 radical (unpaired) electrons. The molecule has 17 heavy (non-hydrogen) atoms. The minimum Gasteiger partial charge on any atom is -0.394 e. The monoisotopic (exact) mass is 243 g/mol. The molecule has 1 aliphatic carbocycles. The number of nitrogens with two attached hydrogens (primary N) is 1. The van der Waals surface area contributed by atoms with Gasteiger partial charge >= 0.3 is 0 Å². The van der Waals surface area contributed by atoms with Crippen LogP contribution in [0.3, 0.4) is 0 Å². The summed E-state index contributed by atoms with van der Waals surface area (Å²) in [7, 11) is 0. The van der Waals surface area contributed by atoms with Crippen LogP contribution in [0.15, 0.2) is 0 Å². The van der Waals surface area contributed by atoms with Gasteiger partial charge in [-0.25, -0.2) is 0 Å². The average Bonchev–Trinajstić information content (AvgIpc) is 2.29. The van der Waals surface area contributed by atoms with Gasteiger partial charge in [-0.3, -0.25) is 0 Å². The first kappa shape index (κ1) is 14.9. The van der Waals surface area contributed by atoms with Crippen molar-refractivity contribution in [3.63, 3.8) is 0 Å². The van der Waals surface area contributed by atoms with Crippen LogP contribution in [0.4, 0.5) is 0 Å². The van der Waals surface area contributed by atoms with Gasteiger partial charge in [-0.05, 0) is 44.9 Å². The van der Waals surface area contributed by atoms with Crippen molar-refractivity contribution in [3.8, 4) is 0 Å². The number of aliphatic hydroxyl groups is 1. The van der Waals surface area contributed by atoms with Crippen molar-refractivity contribution in [1.29, 1.82) is 0 Å². The molecule has 3 N–H and O–H groups in total. The van der Waals surface area contributed by atoms with Gasteiger partial charge in [0.15, 0.2) is 0 Å². The van der Waals surface area contributed by atoms with Gasteiger partial charge < -0.3 is 15.6 Å². The number of aliphatic hydroxyl groups excluding tert-OH is 1. The van der Waals surface area contributed by atoms with E-state index < -0.39 is 5.54 Å². The summed E-state index contributed by atoms with van der Waals surface area (Å²) in [6, 6.07) is 0. The van der Waals surface area contributed by atoms with Crippen LogP contribution in [0.2, 0.25) is 0 Å². The Morgan fingerprint density at radius 1 is 1.35 bits per heavy atom. The number of unbranched alkanes of at least 4 members (excludes halogenated alkanes) is 1. The van der Waals surface area contributed by atoms with Crippen LogP contribution in [0.1, 0.15) is 58.8 Å². The zero-order valence-electron chi connectivity index (χ0n) is 11.5. The highest BCUT2D eigenvalue weighted by molar-refractivity contribution is 4.76. The molecule has 1 fully saturated rings. The average molecular weight is 243 g/mol. The molecule has 0 aliphatic heterocycles. The SMILES string of the molecule is CC1CCCC(OCCCCC(C)(N)CO)C1. The van der Waals surface area contributed by atoms with Crippen LogP contribution in [-0.2, 0) is 4.74 Å². The van der Waals surface area contributed by atoms with Gasteiger partial charge in [-0.2, -0.15) is 0 Å². The Labute approximate surface area is 106 Å².